The van der Waals surface area contributed by atoms with Gasteiger partial charge in [-0.3, -0.25) is 0 Å². The SMILES string of the molecule is N#CCc1csc2ccc(O)c(N)c12. The van der Waals surface area contributed by atoms with Crippen LogP contribution >= 0.6 is 11.3 Å². The van der Waals surface area contributed by atoms with Crippen LogP contribution in [0.15, 0.2) is 17.5 Å². The quantitative estimate of drug-likeness (QED) is 0.553. The molecule has 1 aromatic carbocycles. The molecule has 2 rings (SSSR count). The fraction of sp³-hybridized carbons (Fsp3) is 0.100. The van der Waals surface area contributed by atoms with Gasteiger partial charge in [0.25, 0.3) is 0 Å². The molecule has 0 saturated heterocycles. The molecule has 4 heteroatoms. The molecular weight excluding hydrogens is 196 g/mol. The number of nitrogen functional groups attached to an aromatic ring is 1. The summed E-state index contributed by atoms with van der Waals surface area (Å²) >= 11 is 1.53. The summed E-state index contributed by atoms with van der Waals surface area (Å²) in [4.78, 5) is 0. The second-order valence-electron chi connectivity index (χ2n) is 2.97. The number of rotatable bonds is 1. The number of phenols is 1. The predicted octanol–water partition coefficient (Wildman–Crippen LogP) is 2.26. The van der Waals surface area contributed by atoms with Crippen LogP contribution in [0, 0.1) is 11.3 Å². The highest BCUT2D eigenvalue weighted by molar-refractivity contribution is 7.17. The maximum absolute atomic E-state index is 9.43. The van der Waals surface area contributed by atoms with Crippen molar-refractivity contribution in [2.45, 2.75) is 6.42 Å². The minimum absolute atomic E-state index is 0.0788. The molecule has 0 unspecified atom stereocenters. The molecule has 0 bridgehead atoms. The van der Waals surface area contributed by atoms with Crippen LogP contribution < -0.4 is 5.73 Å². The van der Waals surface area contributed by atoms with E-state index in [1.54, 1.807) is 6.07 Å². The van der Waals surface area contributed by atoms with E-state index in [2.05, 4.69) is 6.07 Å². The van der Waals surface area contributed by atoms with Crippen LogP contribution in [0.25, 0.3) is 10.1 Å². The molecule has 3 N–H and O–H groups in total. The molecule has 3 nitrogen and oxygen atoms in total. The minimum Gasteiger partial charge on any atom is -0.506 e. The lowest BCUT2D eigenvalue weighted by atomic mass is 10.1. The molecule has 14 heavy (non-hydrogen) atoms. The number of nitriles is 1. The Morgan fingerprint density at radius 3 is 3.00 bits per heavy atom. The Balaban J connectivity index is 2.77. The van der Waals surface area contributed by atoms with E-state index in [1.807, 2.05) is 11.4 Å². The van der Waals surface area contributed by atoms with Gasteiger partial charge < -0.3 is 10.8 Å². The molecule has 1 heterocycles. The monoisotopic (exact) mass is 204 g/mol. The molecule has 1 aromatic heterocycles. The smallest absolute Gasteiger partial charge is 0.139 e. The topological polar surface area (TPSA) is 70.0 Å². The Hall–Kier alpha value is -1.73. The first-order valence-corrected chi connectivity index (χ1v) is 4.96. The first kappa shape index (κ1) is 8.85. The predicted molar refractivity (Wildman–Crippen MR) is 57.2 cm³/mol. The number of nitrogens with zero attached hydrogens (tertiary/aromatic N) is 1. The summed E-state index contributed by atoms with van der Waals surface area (Å²) in [6.45, 7) is 0. The molecule has 0 aliphatic carbocycles. The third kappa shape index (κ3) is 1.19. The van der Waals surface area contributed by atoms with E-state index in [0.717, 1.165) is 15.6 Å². The summed E-state index contributed by atoms with van der Waals surface area (Å²) in [5.41, 5.74) is 7.00. The van der Waals surface area contributed by atoms with Crippen molar-refractivity contribution in [3.63, 3.8) is 0 Å². The highest BCUT2D eigenvalue weighted by Crippen LogP contribution is 2.36. The maximum Gasteiger partial charge on any atom is 0.139 e. The number of benzene rings is 1. The third-order valence-corrected chi connectivity index (χ3v) is 3.10. The van der Waals surface area contributed by atoms with Crippen molar-refractivity contribution >= 4 is 27.1 Å². The van der Waals surface area contributed by atoms with Gasteiger partial charge in [-0.2, -0.15) is 5.26 Å². The average molecular weight is 204 g/mol. The molecule has 0 amide bonds. The van der Waals surface area contributed by atoms with E-state index in [9.17, 15) is 5.11 Å². The summed E-state index contributed by atoms with van der Waals surface area (Å²) in [5.74, 6) is 0.0788. The van der Waals surface area contributed by atoms with Gasteiger partial charge in [0.2, 0.25) is 0 Å². The number of phenolic OH excluding ortho intramolecular Hbond substituents is 1. The van der Waals surface area contributed by atoms with Crippen LogP contribution in [0.5, 0.6) is 5.75 Å². The van der Waals surface area contributed by atoms with Crippen LogP contribution in [-0.4, -0.2) is 5.11 Å². The van der Waals surface area contributed by atoms with Crippen LogP contribution in [0.2, 0.25) is 0 Å². The highest BCUT2D eigenvalue weighted by Gasteiger charge is 2.09. The van der Waals surface area contributed by atoms with Crippen molar-refractivity contribution in [1.29, 1.82) is 5.26 Å². The van der Waals surface area contributed by atoms with Gasteiger partial charge >= 0.3 is 0 Å². The average Bonchev–Trinajstić information content (AvgIpc) is 2.57. The number of anilines is 1. The number of nitrogens with two attached hydrogens (primary N) is 1. The number of thiophene rings is 1. The molecule has 70 valence electrons. The normalized spacial score (nSPS) is 10.2. The Morgan fingerprint density at radius 1 is 1.50 bits per heavy atom. The van der Waals surface area contributed by atoms with E-state index in [1.165, 1.54) is 11.3 Å². The fourth-order valence-corrected chi connectivity index (χ4v) is 2.40. The second kappa shape index (κ2) is 3.20. The standard InChI is InChI=1S/C10H8N2OS/c11-4-3-6-5-14-8-2-1-7(13)10(12)9(6)8/h1-2,5,13H,3,12H2. The van der Waals surface area contributed by atoms with Crippen molar-refractivity contribution < 1.29 is 5.11 Å². The third-order valence-electron chi connectivity index (χ3n) is 2.10. The molecule has 0 aliphatic heterocycles. The maximum atomic E-state index is 9.43. The van der Waals surface area contributed by atoms with Gasteiger partial charge in [0.1, 0.15) is 5.75 Å². The number of fused-ring (bicyclic) bond motifs is 1. The molecule has 0 atom stereocenters. The highest BCUT2D eigenvalue weighted by atomic mass is 32.1. The van der Waals surface area contributed by atoms with Gasteiger partial charge in [0.05, 0.1) is 18.2 Å². The van der Waals surface area contributed by atoms with Gasteiger partial charge in [-0.25, -0.2) is 0 Å². The molecule has 0 aliphatic rings. The van der Waals surface area contributed by atoms with E-state index in [-0.39, 0.29) is 5.75 Å². The van der Waals surface area contributed by atoms with Crippen molar-refractivity contribution in [1.82, 2.24) is 0 Å². The largest absolute Gasteiger partial charge is 0.506 e. The minimum atomic E-state index is 0.0788. The number of hydrogen-bond donors (Lipinski definition) is 2. The van der Waals surface area contributed by atoms with Gasteiger partial charge in [-0.05, 0) is 23.1 Å². The van der Waals surface area contributed by atoms with Crippen LogP contribution in [-0.2, 0) is 6.42 Å². The first-order valence-electron chi connectivity index (χ1n) is 4.08. The molecular formula is C10H8N2OS. The summed E-state index contributed by atoms with van der Waals surface area (Å²) in [5, 5.41) is 20.8. The fourth-order valence-electron chi connectivity index (χ4n) is 1.43. The van der Waals surface area contributed by atoms with E-state index < -0.39 is 0 Å². The molecule has 0 radical (unpaired) electrons. The van der Waals surface area contributed by atoms with E-state index in [4.69, 9.17) is 11.0 Å². The van der Waals surface area contributed by atoms with Gasteiger partial charge in [-0.1, -0.05) is 0 Å². The Kier molecular flexibility index (Phi) is 2.02. The number of hydrogen-bond acceptors (Lipinski definition) is 4. The van der Waals surface area contributed by atoms with Gasteiger partial charge in [0.15, 0.2) is 0 Å². The lowest BCUT2D eigenvalue weighted by molar-refractivity contribution is 0.478. The van der Waals surface area contributed by atoms with Crippen molar-refractivity contribution in [2.24, 2.45) is 0 Å². The van der Waals surface area contributed by atoms with Gasteiger partial charge in [-0.15, -0.1) is 11.3 Å². The lowest BCUT2D eigenvalue weighted by Gasteiger charge is -2.01. The van der Waals surface area contributed by atoms with Crippen LogP contribution in [0.4, 0.5) is 5.69 Å². The summed E-state index contributed by atoms with van der Waals surface area (Å²) < 4.78 is 1.01. The van der Waals surface area contributed by atoms with Gasteiger partial charge in [0, 0.05) is 10.1 Å². The molecule has 0 fully saturated rings. The summed E-state index contributed by atoms with van der Waals surface area (Å²) in [6.07, 6.45) is 0.327. The van der Waals surface area contributed by atoms with E-state index in [0.29, 0.717) is 12.1 Å². The van der Waals surface area contributed by atoms with Crippen LogP contribution in [0.1, 0.15) is 5.56 Å². The zero-order chi connectivity index (χ0) is 10.1. The van der Waals surface area contributed by atoms with Crippen LogP contribution in [0.3, 0.4) is 0 Å². The Morgan fingerprint density at radius 2 is 2.29 bits per heavy atom. The first-order chi connectivity index (χ1) is 6.74. The van der Waals surface area contributed by atoms with Crippen molar-refractivity contribution in [3.8, 4) is 11.8 Å². The Bertz CT molecular complexity index is 525. The summed E-state index contributed by atoms with van der Waals surface area (Å²) in [7, 11) is 0. The van der Waals surface area contributed by atoms with E-state index >= 15 is 0 Å². The molecule has 0 saturated carbocycles. The zero-order valence-electron chi connectivity index (χ0n) is 7.32. The molecule has 2 aromatic rings. The lowest BCUT2D eigenvalue weighted by Crippen LogP contribution is -1.88. The molecule has 0 spiro atoms. The van der Waals surface area contributed by atoms with Crippen molar-refractivity contribution in [2.75, 3.05) is 5.73 Å². The zero-order valence-corrected chi connectivity index (χ0v) is 8.14. The Labute approximate surface area is 85.0 Å². The second-order valence-corrected chi connectivity index (χ2v) is 3.88. The number of aromatic hydroxyl groups is 1. The summed E-state index contributed by atoms with van der Waals surface area (Å²) in [6, 6.07) is 5.46. The van der Waals surface area contributed by atoms with Crippen molar-refractivity contribution in [3.05, 3.63) is 23.1 Å².